The fraction of sp³-hybridized carbons (Fsp3) is 0.818. The maximum Gasteiger partial charge on any atom is 0.191 e. The average molecular weight is 536 g/mol. The van der Waals surface area contributed by atoms with Crippen molar-refractivity contribution in [2.75, 3.05) is 40.0 Å². The van der Waals surface area contributed by atoms with Gasteiger partial charge < -0.3 is 20.1 Å². The van der Waals surface area contributed by atoms with Crippen LogP contribution in [0.25, 0.3) is 0 Å². The van der Waals surface area contributed by atoms with Crippen LogP contribution in [0.5, 0.6) is 0 Å². The molecule has 8 heteroatoms. The van der Waals surface area contributed by atoms with Crippen molar-refractivity contribution in [3.63, 3.8) is 0 Å². The molecule has 7 nitrogen and oxygen atoms in total. The molecule has 2 N–H and O–H groups in total. The Bertz CT molecular complexity index is 642. The van der Waals surface area contributed by atoms with E-state index >= 15 is 0 Å². The second kappa shape index (κ2) is 14.2. The Labute approximate surface area is 199 Å². The number of halogens is 1. The molecule has 1 aliphatic carbocycles. The third-order valence-corrected chi connectivity index (χ3v) is 6.05. The van der Waals surface area contributed by atoms with Crippen LogP contribution in [0, 0.1) is 19.3 Å². The van der Waals surface area contributed by atoms with Crippen LogP contribution in [0.2, 0.25) is 0 Å². The predicted octanol–water partition coefficient (Wildman–Crippen LogP) is 3.81. The number of aryl methyl sites for hydroxylation is 1. The van der Waals surface area contributed by atoms with Crippen molar-refractivity contribution in [1.29, 1.82) is 0 Å². The van der Waals surface area contributed by atoms with Crippen LogP contribution >= 0.6 is 24.0 Å². The summed E-state index contributed by atoms with van der Waals surface area (Å²) in [6.45, 7) is 13.9. The van der Waals surface area contributed by atoms with Crippen molar-refractivity contribution in [1.82, 2.24) is 20.4 Å². The van der Waals surface area contributed by atoms with Crippen molar-refractivity contribution >= 4 is 29.9 Å². The molecule has 1 aromatic rings. The molecule has 0 amide bonds. The molecule has 1 aromatic heterocycles. The molecule has 0 bridgehead atoms. The summed E-state index contributed by atoms with van der Waals surface area (Å²) in [4.78, 5) is 4.87. The van der Waals surface area contributed by atoms with E-state index in [1.165, 1.54) is 36.9 Å². The molecular weight excluding hydrogens is 493 g/mol. The van der Waals surface area contributed by atoms with Crippen LogP contribution in [0.1, 0.15) is 62.9 Å². The van der Waals surface area contributed by atoms with E-state index in [9.17, 15) is 0 Å². The molecule has 0 atom stereocenters. The zero-order chi connectivity index (χ0) is 21.1. The van der Waals surface area contributed by atoms with E-state index in [2.05, 4.69) is 43.4 Å². The Kier molecular flexibility index (Phi) is 12.9. The lowest BCUT2D eigenvalue weighted by Crippen LogP contribution is -2.43. The number of methoxy groups -OCH3 is 1. The van der Waals surface area contributed by atoms with Crippen LogP contribution in [0.3, 0.4) is 0 Å². The molecule has 30 heavy (non-hydrogen) atoms. The summed E-state index contributed by atoms with van der Waals surface area (Å²) in [7, 11) is 1.72. The number of aromatic nitrogens is 2. The van der Waals surface area contributed by atoms with E-state index < -0.39 is 0 Å². The van der Waals surface area contributed by atoms with Gasteiger partial charge in [0, 0.05) is 44.7 Å². The van der Waals surface area contributed by atoms with Gasteiger partial charge in [0.2, 0.25) is 0 Å². The van der Waals surface area contributed by atoms with Gasteiger partial charge >= 0.3 is 0 Å². The van der Waals surface area contributed by atoms with Crippen molar-refractivity contribution in [2.45, 2.75) is 72.9 Å². The normalized spacial score (nSPS) is 15.8. The number of guanidine groups is 1. The molecular formula is C22H42IN5O2. The van der Waals surface area contributed by atoms with Gasteiger partial charge in [0.25, 0.3) is 0 Å². The van der Waals surface area contributed by atoms with Gasteiger partial charge in [-0.25, -0.2) is 4.99 Å². The third kappa shape index (κ3) is 8.00. The minimum absolute atomic E-state index is 0. The van der Waals surface area contributed by atoms with Gasteiger partial charge in [-0.1, -0.05) is 12.8 Å². The van der Waals surface area contributed by atoms with Crippen LogP contribution in [-0.4, -0.2) is 55.8 Å². The summed E-state index contributed by atoms with van der Waals surface area (Å²) in [5.41, 5.74) is 3.75. The van der Waals surface area contributed by atoms with Gasteiger partial charge in [-0.2, -0.15) is 5.10 Å². The first-order chi connectivity index (χ1) is 14.0. The van der Waals surface area contributed by atoms with Gasteiger partial charge in [-0.15, -0.1) is 24.0 Å². The number of nitrogens with zero attached hydrogens (tertiary/aromatic N) is 3. The summed E-state index contributed by atoms with van der Waals surface area (Å²) in [6.07, 6.45) is 6.31. The van der Waals surface area contributed by atoms with Gasteiger partial charge in [0.15, 0.2) is 5.96 Å². The minimum atomic E-state index is 0. The molecule has 174 valence electrons. The lowest BCUT2D eigenvalue weighted by molar-refractivity contribution is 0.105. The molecule has 0 saturated heterocycles. The van der Waals surface area contributed by atoms with Crippen molar-refractivity contribution in [3.05, 3.63) is 17.0 Å². The van der Waals surface area contributed by atoms with Gasteiger partial charge in [-0.3, -0.25) is 4.68 Å². The SMILES string of the molecule is CCNC(=NCc1c(C)nn(CCOC)c1C)NCC1(CCOCC)CCCC1.I. The molecule has 2 rings (SSSR count). The molecule has 0 radical (unpaired) electrons. The highest BCUT2D eigenvalue weighted by Crippen LogP contribution is 2.40. The van der Waals surface area contributed by atoms with Crippen LogP contribution < -0.4 is 10.6 Å². The topological polar surface area (TPSA) is 72.7 Å². The number of hydrogen-bond acceptors (Lipinski definition) is 4. The highest BCUT2D eigenvalue weighted by atomic mass is 127. The summed E-state index contributed by atoms with van der Waals surface area (Å²) in [5, 5.41) is 11.7. The number of ether oxygens (including phenoxy) is 2. The average Bonchev–Trinajstić information content (AvgIpc) is 3.28. The largest absolute Gasteiger partial charge is 0.383 e. The minimum Gasteiger partial charge on any atom is -0.383 e. The fourth-order valence-corrected chi connectivity index (χ4v) is 4.20. The van der Waals surface area contributed by atoms with E-state index in [0.717, 1.165) is 50.9 Å². The molecule has 0 aliphatic heterocycles. The van der Waals surface area contributed by atoms with Gasteiger partial charge in [-0.05, 0) is 52.4 Å². The standard InChI is InChI=1S/C22H41N5O2.HI/c1-6-23-21(25-17-22(10-8-9-11-22)12-14-29-7-2)24-16-20-18(3)26-27(19(20)4)13-15-28-5;/h6-17H2,1-5H3,(H2,23,24,25);1H. The van der Waals surface area contributed by atoms with Crippen molar-refractivity contribution < 1.29 is 9.47 Å². The molecule has 0 aromatic carbocycles. The van der Waals surface area contributed by atoms with E-state index in [0.29, 0.717) is 18.6 Å². The zero-order valence-electron chi connectivity index (χ0n) is 19.6. The molecule has 1 saturated carbocycles. The van der Waals surface area contributed by atoms with Crippen LogP contribution in [-0.2, 0) is 22.6 Å². The van der Waals surface area contributed by atoms with E-state index in [4.69, 9.17) is 14.5 Å². The lowest BCUT2D eigenvalue weighted by atomic mass is 9.83. The number of aliphatic imine (C=N–C) groups is 1. The Morgan fingerprint density at radius 2 is 1.90 bits per heavy atom. The predicted molar refractivity (Wildman–Crippen MR) is 134 cm³/mol. The molecule has 1 aliphatic rings. The summed E-state index contributed by atoms with van der Waals surface area (Å²) in [5.74, 6) is 0.888. The zero-order valence-corrected chi connectivity index (χ0v) is 21.9. The second-order valence-corrected chi connectivity index (χ2v) is 8.07. The van der Waals surface area contributed by atoms with E-state index in [1.54, 1.807) is 7.11 Å². The molecule has 1 heterocycles. The number of nitrogens with one attached hydrogen (secondary N) is 2. The Morgan fingerprint density at radius 1 is 1.17 bits per heavy atom. The van der Waals surface area contributed by atoms with E-state index in [-0.39, 0.29) is 24.0 Å². The third-order valence-electron chi connectivity index (χ3n) is 6.05. The first kappa shape index (κ1) is 27.2. The van der Waals surface area contributed by atoms with Crippen molar-refractivity contribution in [2.24, 2.45) is 10.4 Å². The first-order valence-electron chi connectivity index (χ1n) is 11.2. The van der Waals surface area contributed by atoms with Crippen LogP contribution in [0.15, 0.2) is 4.99 Å². The number of rotatable bonds is 12. The lowest BCUT2D eigenvalue weighted by Gasteiger charge is -2.30. The Hall–Kier alpha value is -0.870. The quantitative estimate of drug-likeness (QED) is 0.184. The van der Waals surface area contributed by atoms with Gasteiger partial charge in [0.05, 0.1) is 25.4 Å². The first-order valence-corrected chi connectivity index (χ1v) is 11.2. The summed E-state index contributed by atoms with van der Waals surface area (Å²) >= 11 is 0. The van der Waals surface area contributed by atoms with Crippen LogP contribution in [0.4, 0.5) is 0 Å². The summed E-state index contributed by atoms with van der Waals surface area (Å²) in [6, 6.07) is 0. The fourth-order valence-electron chi connectivity index (χ4n) is 4.20. The van der Waals surface area contributed by atoms with E-state index in [1.807, 2.05) is 4.68 Å². The second-order valence-electron chi connectivity index (χ2n) is 8.07. The maximum atomic E-state index is 5.64. The Morgan fingerprint density at radius 3 is 2.53 bits per heavy atom. The van der Waals surface area contributed by atoms with Gasteiger partial charge in [0.1, 0.15) is 0 Å². The molecule has 1 fully saturated rings. The smallest absolute Gasteiger partial charge is 0.191 e. The monoisotopic (exact) mass is 535 g/mol. The molecule has 0 unspecified atom stereocenters. The van der Waals surface area contributed by atoms with Crippen molar-refractivity contribution in [3.8, 4) is 0 Å². The number of hydrogen-bond donors (Lipinski definition) is 2. The maximum absolute atomic E-state index is 5.64. The summed E-state index contributed by atoms with van der Waals surface area (Å²) < 4.78 is 12.9. The molecule has 0 spiro atoms. The highest BCUT2D eigenvalue weighted by Gasteiger charge is 2.33. The highest BCUT2D eigenvalue weighted by molar-refractivity contribution is 14.0. The Balaban J connectivity index is 0.00000450.